The van der Waals surface area contributed by atoms with Crippen LogP contribution in [0, 0.1) is 0 Å². The third-order valence-corrected chi connectivity index (χ3v) is 7.53. The smallest absolute Gasteiger partial charge is 0.306 e. The van der Waals surface area contributed by atoms with Gasteiger partial charge >= 0.3 is 5.97 Å². The van der Waals surface area contributed by atoms with E-state index >= 15 is 0 Å². The summed E-state index contributed by atoms with van der Waals surface area (Å²) in [5.74, 6) is -0.00901. The van der Waals surface area contributed by atoms with Crippen molar-refractivity contribution in [3.8, 4) is 0 Å². The zero-order valence-electron chi connectivity index (χ0n) is 25.5. The fourth-order valence-electron chi connectivity index (χ4n) is 4.98. The highest BCUT2D eigenvalue weighted by Gasteiger charge is 2.13. The molecule has 0 saturated carbocycles. The topological polar surface area (TPSA) is 46.5 Å². The molecule has 0 aliphatic rings. The number of rotatable bonds is 29. The number of aliphatic hydroxyl groups is 1. The van der Waals surface area contributed by atoms with Gasteiger partial charge in [0.25, 0.3) is 0 Å². The summed E-state index contributed by atoms with van der Waals surface area (Å²) in [6, 6.07) is 0. The van der Waals surface area contributed by atoms with E-state index in [1.165, 1.54) is 96.3 Å². The predicted octanol–water partition coefficient (Wildman–Crippen LogP) is 11.0. The molecule has 0 saturated heterocycles. The first kappa shape index (κ1) is 36.2. The van der Waals surface area contributed by atoms with Crippen molar-refractivity contribution in [1.82, 2.24) is 0 Å². The molecule has 0 aromatic rings. The van der Waals surface area contributed by atoms with Gasteiger partial charge in [-0.1, -0.05) is 142 Å². The molecule has 0 rings (SSSR count). The van der Waals surface area contributed by atoms with Crippen LogP contribution < -0.4 is 0 Å². The van der Waals surface area contributed by atoms with Crippen LogP contribution in [0.2, 0.25) is 0 Å². The number of aliphatic hydroxyl groups excluding tert-OH is 1. The largest absolute Gasteiger partial charge is 0.462 e. The number of carbonyl (C=O) groups is 1. The van der Waals surface area contributed by atoms with Gasteiger partial charge in [0.05, 0.1) is 6.10 Å². The molecule has 1 N–H and O–H groups in total. The Kier molecular flexibility index (Phi) is 29.1. The minimum absolute atomic E-state index is 0.00901. The number of hydrogen-bond donors (Lipinski definition) is 1. The molecule has 220 valence electrons. The van der Waals surface area contributed by atoms with Crippen LogP contribution in [-0.4, -0.2) is 23.3 Å². The monoisotopic (exact) mass is 523 g/mol. The van der Waals surface area contributed by atoms with Crippen LogP contribution >= 0.6 is 0 Å². The molecule has 0 aliphatic carbocycles. The van der Waals surface area contributed by atoms with Crippen molar-refractivity contribution < 1.29 is 14.6 Å². The molecule has 3 heteroatoms. The molecule has 0 bridgehead atoms. The summed E-state index contributed by atoms with van der Waals surface area (Å²) in [7, 11) is 0. The Balaban J connectivity index is 3.77. The summed E-state index contributed by atoms with van der Waals surface area (Å²) in [5.41, 5.74) is 0. The molecule has 0 radical (unpaired) electrons. The van der Waals surface area contributed by atoms with Crippen molar-refractivity contribution in [2.24, 2.45) is 0 Å². The Bertz CT molecular complexity index is 487. The van der Waals surface area contributed by atoms with Gasteiger partial charge < -0.3 is 9.84 Å². The van der Waals surface area contributed by atoms with Crippen molar-refractivity contribution in [2.75, 3.05) is 0 Å². The zero-order chi connectivity index (χ0) is 27.2. The lowest BCUT2D eigenvalue weighted by Crippen LogP contribution is -2.17. The number of esters is 1. The maximum atomic E-state index is 12.2. The summed E-state index contributed by atoms with van der Waals surface area (Å²) >= 11 is 0. The minimum atomic E-state index is -0.0845. The van der Waals surface area contributed by atoms with E-state index in [0.29, 0.717) is 6.42 Å². The Morgan fingerprint density at radius 3 is 1.65 bits per heavy atom. The molecule has 0 aromatic heterocycles. The molecule has 37 heavy (non-hydrogen) atoms. The van der Waals surface area contributed by atoms with Gasteiger partial charge in [-0.15, -0.1) is 0 Å². The van der Waals surface area contributed by atoms with E-state index in [0.717, 1.165) is 64.2 Å². The van der Waals surface area contributed by atoms with Crippen LogP contribution in [-0.2, 0) is 9.53 Å². The van der Waals surface area contributed by atoms with Crippen LogP contribution in [0.1, 0.15) is 188 Å². The third kappa shape index (κ3) is 28.0. The van der Waals surface area contributed by atoms with Gasteiger partial charge in [-0.2, -0.15) is 0 Å². The Hall–Kier alpha value is -0.830. The number of hydrogen-bond acceptors (Lipinski definition) is 3. The molecule has 0 aromatic carbocycles. The van der Waals surface area contributed by atoms with Crippen LogP contribution in [0.15, 0.2) is 12.2 Å². The third-order valence-electron chi connectivity index (χ3n) is 7.53. The van der Waals surface area contributed by atoms with Crippen LogP contribution in [0.4, 0.5) is 0 Å². The van der Waals surface area contributed by atoms with Gasteiger partial charge in [-0.3, -0.25) is 4.79 Å². The Labute approximate surface area is 232 Å². The van der Waals surface area contributed by atoms with Gasteiger partial charge in [0.2, 0.25) is 0 Å². The standard InChI is InChI=1S/C34H66O3/c1-4-7-10-12-13-16-19-23-27-32(35)28-24-20-17-14-15-18-21-26-30-33(29-25-11-8-5-2)37-34(36)31-22-9-6-3/h21,26,32-33,35H,4-20,22-25,27-31H2,1-3H3/b26-21-/t32?,33-/m1/s1. The van der Waals surface area contributed by atoms with E-state index in [2.05, 4.69) is 32.9 Å². The summed E-state index contributed by atoms with van der Waals surface area (Å²) < 4.78 is 5.81. The highest BCUT2D eigenvalue weighted by atomic mass is 16.5. The molecule has 0 fully saturated rings. The summed E-state index contributed by atoms with van der Waals surface area (Å²) in [4.78, 5) is 12.2. The van der Waals surface area contributed by atoms with E-state index in [-0.39, 0.29) is 18.2 Å². The second-order valence-corrected chi connectivity index (χ2v) is 11.4. The lowest BCUT2D eigenvalue weighted by atomic mass is 10.0. The molecular weight excluding hydrogens is 456 g/mol. The molecule has 1 unspecified atom stereocenters. The van der Waals surface area contributed by atoms with Gasteiger partial charge in [-0.05, 0) is 44.9 Å². The van der Waals surface area contributed by atoms with Gasteiger partial charge in [0.1, 0.15) is 6.10 Å². The highest BCUT2D eigenvalue weighted by molar-refractivity contribution is 5.69. The van der Waals surface area contributed by atoms with E-state index in [9.17, 15) is 9.90 Å². The molecule has 0 aliphatic heterocycles. The van der Waals surface area contributed by atoms with Crippen molar-refractivity contribution in [2.45, 2.75) is 200 Å². The SMILES string of the molecule is CCCCCCCCCCC(O)CCCCCCC/C=C\C[C@@H](CCCCCC)OC(=O)CCCCC. The van der Waals surface area contributed by atoms with E-state index < -0.39 is 0 Å². The summed E-state index contributed by atoms with van der Waals surface area (Å²) in [6.07, 6.45) is 35.0. The normalized spacial score (nSPS) is 13.3. The molecule has 0 spiro atoms. The molecular formula is C34H66O3. The summed E-state index contributed by atoms with van der Waals surface area (Å²) in [6.45, 7) is 6.66. The average molecular weight is 523 g/mol. The molecule has 2 atom stereocenters. The van der Waals surface area contributed by atoms with Gasteiger partial charge in [0.15, 0.2) is 0 Å². The second-order valence-electron chi connectivity index (χ2n) is 11.4. The Morgan fingerprint density at radius 2 is 1.05 bits per heavy atom. The number of ether oxygens (including phenoxy) is 1. The highest BCUT2D eigenvalue weighted by Crippen LogP contribution is 2.16. The van der Waals surface area contributed by atoms with E-state index in [4.69, 9.17) is 4.74 Å². The summed E-state index contributed by atoms with van der Waals surface area (Å²) in [5, 5.41) is 10.2. The number of carbonyl (C=O) groups excluding carboxylic acids is 1. The lowest BCUT2D eigenvalue weighted by Gasteiger charge is -2.16. The van der Waals surface area contributed by atoms with Crippen molar-refractivity contribution in [3.05, 3.63) is 12.2 Å². The van der Waals surface area contributed by atoms with E-state index in [1.54, 1.807) is 0 Å². The quantitative estimate of drug-likeness (QED) is 0.0603. The van der Waals surface area contributed by atoms with Gasteiger partial charge in [-0.25, -0.2) is 0 Å². The maximum Gasteiger partial charge on any atom is 0.306 e. The maximum absolute atomic E-state index is 12.2. The predicted molar refractivity (Wildman–Crippen MR) is 162 cm³/mol. The number of allylic oxidation sites excluding steroid dienone is 1. The van der Waals surface area contributed by atoms with Crippen molar-refractivity contribution in [3.63, 3.8) is 0 Å². The molecule has 3 nitrogen and oxygen atoms in total. The number of unbranched alkanes of at least 4 members (excludes halogenated alkanes) is 17. The van der Waals surface area contributed by atoms with Crippen LogP contribution in [0.5, 0.6) is 0 Å². The molecule has 0 heterocycles. The second kappa shape index (κ2) is 29.7. The first-order valence-electron chi connectivity index (χ1n) is 16.7. The van der Waals surface area contributed by atoms with Crippen LogP contribution in [0.25, 0.3) is 0 Å². The first-order valence-corrected chi connectivity index (χ1v) is 16.7. The van der Waals surface area contributed by atoms with E-state index in [1.807, 2.05) is 0 Å². The lowest BCUT2D eigenvalue weighted by molar-refractivity contribution is -0.149. The first-order chi connectivity index (χ1) is 18.1. The average Bonchev–Trinajstić information content (AvgIpc) is 2.89. The van der Waals surface area contributed by atoms with Gasteiger partial charge in [0, 0.05) is 12.8 Å². The minimum Gasteiger partial charge on any atom is -0.462 e. The van der Waals surface area contributed by atoms with Crippen LogP contribution in [0.3, 0.4) is 0 Å². The van der Waals surface area contributed by atoms with Crippen molar-refractivity contribution >= 4 is 5.97 Å². The fraction of sp³-hybridized carbons (Fsp3) is 0.912. The molecule has 0 amide bonds. The fourth-order valence-corrected chi connectivity index (χ4v) is 4.98. The zero-order valence-corrected chi connectivity index (χ0v) is 25.5. The Morgan fingerprint density at radius 1 is 0.595 bits per heavy atom. The van der Waals surface area contributed by atoms with Crippen molar-refractivity contribution in [1.29, 1.82) is 0 Å².